The van der Waals surface area contributed by atoms with E-state index in [1.807, 2.05) is 0 Å². The Morgan fingerprint density at radius 1 is 1.21 bits per heavy atom. The van der Waals surface area contributed by atoms with Gasteiger partial charge in [-0.25, -0.2) is 14.8 Å². The van der Waals surface area contributed by atoms with Crippen molar-refractivity contribution in [2.24, 2.45) is 14.1 Å². The summed E-state index contributed by atoms with van der Waals surface area (Å²) in [5, 5.41) is 3.13. The second-order valence-corrected chi connectivity index (χ2v) is 4.18. The minimum absolute atomic E-state index is 0.304. The molecule has 0 aliphatic rings. The summed E-state index contributed by atoms with van der Waals surface area (Å²) in [5.41, 5.74) is 0.860. The minimum atomic E-state index is -0.327. The molecule has 7 heteroatoms. The third kappa shape index (κ3) is 2.94. The van der Waals surface area contributed by atoms with E-state index in [2.05, 4.69) is 15.3 Å². The Kier molecular flexibility index (Phi) is 3.86. The lowest BCUT2D eigenvalue weighted by molar-refractivity contribution is 0.596. The molecule has 0 fully saturated rings. The number of hydrogen-bond donors (Lipinski definition) is 1. The second-order valence-electron chi connectivity index (χ2n) is 4.18. The highest BCUT2D eigenvalue weighted by atomic mass is 16.2. The van der Waals surface area contributed by atoms with Gasteiger partial charge >= 0.3 is 5.69 Å². The molecule has 2 heterocycles. The van der Waals surface area contributed by atoms with Gasteiger partial charge in [0.1, 0.15) is 6.33 Å². The van der Waals surface area contributed by atoms with Crippen LogP contribution in [0.3, 0.4) is 0 Å². The molecular formula is C12H15N5O2. The first kappa shape index (κ1) is 13.2. The molecule has 0 atom stereocenters. The van der Waals surface area contributed by atoms with Gasteiger partial charge in [-0.2, -0.15) is 0 Å². The van der Waals surface area contributed by atoms with Crippen LogP contribution in [-0.2, 0) is 27.2 Å². The van der Waals surface area contributed by atoms with Crippen LogP contribution in [0.15, 0.2) is 34.2 Å². The smallest absolute Gasteiger partial charge is 0.306 e. The quantitative estimate of drug-likeness (QED) is 0.776. The van der Waals surface area contributed by atoms with Crippen molar-refractivity contribution in [3.8, 4) is 0 Å². The molecule has 0 saturated carbocycles. The van der Waals surface area contributed by atoms with Crippen LogP contribution < -0.4 is 16.6 Å². The third-order valence-corrected chi connectivity index (χ3v) is 2.88. The van der Waals surface area contributed by atoms with Gasteiger partial charge < -0.3 is 5.32 Å². The molecule has 100 valence electrons. The Hall–Kier alpha value is -2.28. The zero-order valence-electron chi connectivity index (χ0n) is 10.8. The van der Waals surface area contributed by atoms with Gasteiger partial charge in [-0.15, -0.1) is 0 Å². The molecule has 0 aliphatic heterocycles. The monoisotopic (exact) mass is 261 g/mol. The van der Waals surface area contributed by atoms with E-state index in [1.165, 1.54) is 24.0 Å². The van der Waals surface area contributed by atoms with Crippen LogP contribution in [0.25, 0.3) is 0 Å². The molecule has 0 bridgehead atoms. The predicted octanol–water partition coefficient (Wildman–Crippen LogP) is -0.836. The number of nitrogens with zero attached hydrogens (tertiary/aromatic N) is 4. The molecule has 0 amide bonds. The maximum absolute atomic E-state index is 11.7. The van der Waals surface area contributed by atoms with Crippen molar-refractivity contribution in [2.75, 3.05) is 0 Å². The molecule has 0 saturated heterocycles. The molecule has 0 aromatic carbocycles. The van der Waals surface area contributed by atoms with Crippen LogP contribution >= 0.6 is 0 Å². The van der Waals surface area contributed by atoms with Crippen LogP contribution in [0, 0.1) is 0 Å². The van der Waals surface area contributed by atoms with E-state index < -0.39 is 0 Å². The maximum Gasteiger partial charge on any atom is 0.330 e. The summed E-state index contributed by atoms with van der Waals surface area (Å²) in [6, 6.07) is 3.25. The fourth-order valence-corrected chi connectivity index (χ4v) is 1.69. The normalized spacial score (nSPS) is 10.6. The van der Waals surface area contributed by atoms with E-state index >= 15 is 0 Å². The van der Waals surface area contributed by atoms with Crippen molar-refractivity contribution in [2.45, 2.75) is 13.1 Å². The molecule has 2 rings (SSSR count). The molecule has 19 heavy (non-hydrogen) atoms. The van der Waals surface area contributed by atoms with Gasteiger partial charge in [-0.3, -0.25) is 13.9 Å². The van der Waals surface area contributed by atoms with E-state index in [0.29, 0.717) is 18.8 Å². The Morgan fingerprint density at radius 3 is 2.68 bits per heavy atom. The van der Waals surface area contributed by atoms with E-state index in [-0.39, 0.29) is 11.2 Å². The molecule has 2 aromatic rings. The Balaban J connectivity index is 2.09. The van der Waals surface area contributed by atoms with Crippen molar-refractivity contribution in [1.82, 2.24) is 24.4 Å². The molecule has 0 aliphatic carbocycles. The van der Waals surface area contributed by atoms with Crippen LogP contribution in [-0.4, -0.2) is 19.1 Å². The van der Waals surface area contributed by atoms with E-state index in [9.17, 15) is 9.59 Å². The SMILES string of the molecule is Cn1c(CNCc2ccncn2)cc(=O)n(C)c1=O. The fraction of sp³-hybridized carbons (Fsp3) is 0.333. The maximum atomic E-state index is 11.7. The summed E-state index contributed by atoms with van der Waals surface area (Å²) in [7, 11) is 3.10. The Labute approximate surface area is 109 Å². The van der Waals surface area contributed by atoms with Crippen molar-refractivity contribution in [3.63, 3.8) is 0 Å². The minimum Gasteiger partial charge on any atom is -0.306 e. The summed E-state index contributed by atoms with van der Waals surface area (Å²) in [4.78, 5) is 31.2. The average Bonchev–Trinajstić information content (AvgIpc) is 2.43. The molecule has 2 aromatic heterocycles. The molecule has 0 unspecified atom stereocenters. The number of rotatable bonds is 4. The van der Waals surface area contributed by atoms with Crippen LogP contribution in [0.2, 0.25) is 0 Å². The zero-order chi connectivity index (χ0) is 13.8. The van der Waals surface area contributed by atoms with E-state index in [0.717, 1.165) is 10.3 Å². The average molecular weight is 261 g/mol. The molecule has 0 radical (unpaired) electrons. The largest absolute Gasteiger partial charge is 0.330 e. The van der Waals surface area contributed by atoms with Crippen LogP contribution in [0.4, 0.5) is 0 Å². The van der Waals surface area contributed by atoms with Crippen molar-refractivity contribution in [1.29, 1.82) is 0 Å². The highest BCUT2D eigenvalue weighted by Gasteiger charge is 2.05. The first-order chi connectivity index (χ1) is 9.09. The predicted molar refractivity (Wildman–Crippen MR) is 69.5 cm³/mol. The first-order valence-electron chi connectivity index (χ1n) is 5.81. The first-order valence-corrected chi connectivity index (χ1v) is 5.81. The van der Waals surface area contributed by atoms with E-state index in [4.69, 9.17) is 0 Å². The lowest BCUT2D eigenvalue weighted by Gasteiger charge is -2.10. The van der Waals surface area contributed by atoms with Gasteiger partial charge in [0.05, 0.1) is 5.69 Å². The number of aromatic nitrogens is 4. The second kappa shape index (κ2) is 5.57. The summed E-state index contributed by atoms with van der Waals surface area (Å²) in [6.07, 6.45) is 3.14. The summed E-state index contributed by atoms with van der Waals surface area (Å²) < 4.78 is 2.53. The number of nitrogens with one attached hydrogen (secondary N) is 1. The standard InChI is InChI=1S/C12H15N5O2/c1-16-10(5-11(18)17(2)12(16)19)7-14-6-9-3-4-13-8-15-9/h3-5,8,14H,6-7H2,1-2H3. The summed E-state index contributed by atoms with van der Waals surface area (Å²) in [6.45, 7) is 0.970. The van der Waals surface area contributed by atoms with Gasteiger partial charge in [-0.05, 0) is 6.07 Å². The summed E-state index contributed by atoms with van der Waals surface area (Å²) >= 11 is 0. The molecular weight excluding hydrogens is 246 g/mol. The Bertz CT molecular complexity index is 675. The Morgan fingerprint density at radius 2 is 2.00 bits per heavy atom. The number of hydrogen-bond acceptors (Lipinski definition) is 5. The lowest BCUT2D eigenvalue weighted by atomic mass is 10.3. The van der Waals surface area contributed by atoms with Crippen molar-refractivity contribution >= 4 is 0 Å². The van der Waals surface area contributed by atoms with Crippen LogP contribution in [0.5, 0.6) is 0 Å². The highest BCUT2D eigenvalue weighted by molar-refractivity contribution is 5.03. The van der Waals surface area contributed by atoms with E-state index in [1.54, 1.807) is 19.3 Å². The van der Waals surface area contributed by atoms with Crippen LogP contribution in [0.1, 0.15) is 11.4 Å². The van der Waals surface area contributed by atoms with Crippen molar-refractivity contribution in [3.05, 3.63) is 56.9 Å². The topological polar surface area (TPSA) is 81.8 Å². The lowest BCUT2D eigenvalue weighted by Crippen LogP contribution is -2.39. The van der Waals surface area contributed by atoms with Gasteiger partial charge in [0, 0.05) is 45.1 Å². The summed E-state index contributed by atoms with van der Waals surface area (Å²) in [5.74, 6) is 0. The molecule has 7 nitrogen and oxygen atoms in total. The van der Waals surface area contributed by atoms with Gasteiger partial charge in [-0.1, -0.05) is 0 Å². The molecule has 1 N–H and O–H groups in total. The zero-order valence-corrected chi connectivity index (χ0v) is 10.8. The highest BCUT2D eigenvalue weighted by Crippen LogP contribution is 1.93. The molecule has 0 spiro atoms. The van der Waals surface area contributed by atoms with Crippen molar-refractivity contribution < 1.29 is 0 Å². The fourth-order valence-electron chi connectivity index (χ4n) is 1.69. The third-order valence-electron chi connectivity index (χ3n) is 2.88. The van der Waals surface area contributed by atoms with Gasteiger partial charge in [0.25, 0.3) is 5.56 Å². The van der Waals surface area contributed by atoms with Gasteiger partial charge in [0.2, 0.25) is 0 Å². The van der Waals surface area contributed by atoms with Gasteiger partial charge in [0.15, 0.2) is 0 Å².